The molecule has 7 rings (SSSR count). The van der Waals surface area contributed by atoms with Gasteiger partial charge in [0.1, 0.15) is 17.3 Å². The molecule has 174 valence electrons. The Morgan fingerprint density at radius 1 is 1.15 bits per heavy atom. The summed E-state index contributed by atoms with van der Waals surface area (Å²) in [4.78, 5) is 8.53. The number of hydrogen-bond donors (Lipinski definition) is 2. The van der Waals surface area contributed by atoms with Gasteiger partial charge in [0.05, 0.1) is 28.4 Å². The first-order valence-electron chi connectivity index (χ1n) is 12.1. The van der Waals surface area contributed by atoms with Crippen molar-refractivity contribution in [1.29, 1.82) is 0 Å². The van der Waals surface area contributed by atoms with Crippen molar-refractivity contribution in [1.82, 2.24) is 25.3 Å². The zero-order valence-corrected chi connectivity index (χ0v) is 19.3. The maximum absolute atomic E-state index is 12.6. The van der Waals surface area contributed by atoms with Crippen LogP contribution in [0, 0.1) is 13.8 Å². The minimum atomic E-state index is -1.50. The van der Waals surface area contributed by atoms with Gasteiger partial charge in [0, 0.05) is 23.2 Å². The normalized spacial score (nSPS) is 23.0. The highest BCUT2D eigenvalue weighted by molar-refractivity contribution is 5.87. The summed E-state index contributed by atoms with van der Waals surface area (Å²) in [7, 11) is 0. The van der Waals surface area contributed by atoms with E-state index in [0.29, 0.717) is 17.2 Å². The molecule has 3 aromatic heterocycles. The molecule has 3 fully saturated rings. The van der Waals surface area contributed by atoms with Crippen LogP contribution >= 0.6 is 0 Å². The van der Waals surface area contributed by atoms with Crippen LogP contribution in [0.25, 0.3) is 22.2 Å². The zero-order chi connectivity index (χ0) is 23.1. The number of benzene rings is 1. The predicted octanol–water partition coefficient (Wildman–Crippen LogP) is 4.45. The van der Waals surface area contributed by atoms with Gasteiger partial charge in [-0.3, -0.25) is 0 Å². The maximum atomic E-state index is 12.6. The lowest BCUT2D eigenvalue weighted by Crippen LogP contribution is -2.42. The minimum absolute atomic E-state index is 0.0933. The van der Waals surface area contributed by atoms with Crippen molar-refractivity contribution in [2.45, 2.75) is 75.6 Å². The Morgan fingerprint density at radius 2 is 2.00 bits per heavy atom. The molecule has 4 heterocycles. The molecule has 34 heavy (non-hydrogen) atoms. The van der Waals surface area contributed by atoms with E-state index in [-0.39, 0.29) is 5.60 Å². The van der Waals surface area contributed by atoms with E-state index in [4.69, 9.17) is 14.2 Å². The van der Waals surface area contributed by atoms with Crippen molar-refractivity contribution < 1.29 is 14.4 Å². The van der Waals surface area contributed by atoms with Crippen molar-refractivity contribution in [3.05, 3.63) is 59.0 Å². The molecule has 2 aliphatic carbocycles. The average Bonchev–Trinajstić information content (AvgIpc) is 3.71. The first-order valence-corrected chi connectivity index (χ1v) is 12.1. The molecule has 8 heteroatoms. The smallest absolute Gasteiger partial charge is 0.161 e. The summed E-state index contributed by atoms with van der Waals surface area (Å²) < 4.78 is 12.0. The van der Waals surface area contributed by atoms with E-state index >= 15 is 0 Å². The molecule has 2 saturated carbocycles. The Morgan fingerprint density at radius 3 is 2.65 bits per heavy atom. The number of aromatic amines is 1. The largest absolute Gasteiger partial charge is 0.376 e. The lowest BCUT2D eigenvalue weighted by molar-refractivity contribution is -0.0937. The molecular weight excluding hydrogens is 430 g/mol. The van der Waals surface area contributed by atoms with Gasteiger partial charge in [-0.05, 0) is 82.2 Å². The van der Waals surface area contributed by atoms with Crippen LogP contribution in [0.1, 0.15) is 73.0 Å². The highest BCUT2D eigenvalue weighted by Crippen LogP contribution is 2.54. The topological polar surface area (TPSA) is 110 Å². The van der Waals surface area contributed by atoms with Crippen LogP contribution in [0.4, 0.5) is 0 Å². The van der Waals surface area contributed by atoms with E-state index in [0.717, 1.165) is 78.0 Å². The Bertz CT molecular complexity index is 1380. The number of nitrogens with one attached hydrogen (secondary N) is 1. The number of nitrogens with zero attached hydrogens (tertiary/aromatic N) is 4. The van der Waals surface area contributed by atoms with Gasteiger partial charge in [-0.25, -0.2) is 4.98 Å². The molecular formula is C26H27N5O3. The second-order valence-corrected chi connectivity index (χ2v) is 10.2. The number of fused-ring (bicyclic) bond motifs is 1. The summed E-state index contributed by atoms with van der Waals surface area (Å²) in [5.74, 6) is 2.16. The fourth-order valence-corrected chi connectivity index (χ4v) is 5.61. The molecule has 3 aliphatic rings. The van der Waals surface area contributed by atoms with Crippen molar-refractivity contribution >= 4 is 11.0 Å². The van der Waals surface area contributed by atoms with Crippen LogP contribution < -0.4 is 0 Å². The molecule has 8 nitrogen and oxygen atoms in total. The van der Waals surface area contributed by atoms with Crippen LogP contribution in [0.5, 0.6) is 0 Å². The van der Waals surface area contributed by atoms with Gasteiger partial charge in [0.15, 0.2) is 5.60 Å². The summed E-state index contributed by atoms with van der Waals surface area (Å²) in [5.41, 5.74) is 3.87. The van der Waals surface area contributed by atoms with Crippen molar-refractivity contribution in [2.24, 2.45) is 0 Å². The number of H-pyrrole nitrogens is 1. The van der Waals surface area contributed by atoms with Crippen LogP contribution in [0.3, 0.4) is 0 Å². The molecule has 2 atom stereocenters. The third-order valence-electron chi connectivity index (χ3n) is 7.79. The maximum Gasteiger partial charge on any atom is 0.161 e. The van der Waals surface area contributed by atoms with E-state index in [1.807, 2.05) is 32.0 Å². The van der Waals surface area contributed by atoms with Crippen molar-refractivity contribution in [3.8, 4) is 11.1 Å². The number of aryl methyl sites for hydroxylation is 2. The molecule has 0 radical (unpaired) electrons. The number of ether oxygens (including phenoxy) is 1. The van der Waals surface area contributed by atoms with Gasteiger partial charge >= 0.3 is 0 Å². The second-order valence-electron chi connectivity index (χ2n) is 10.2. The SMILES string of the molecule is Cc1noc(C)c1-c1cc([C@](O)(c2cccnn2)C2CCC3(CC3)O2)c2nc(C3CC3)[nH]c2c1. The van der Waals surface area contributed by atoms with E-state index in [1.165, 1.54) is 0 Å². The third kappa shape index (κ3) is 2.98. The monoisotopic (exact) mass is 457 g/mol. The van der Waals surface area contributed by atoms with E-state index in [2.05, 4.69) is 26.4 Å². The van der Waals surface area contributed by atoms with Gasteiger partial charge in [0.2, 0.25) is 0 Å². The molecule has 0 amide bonds. The Labute approximate surface area is 196 Å². The Kier molecular flexibility index (Phi) is 4.15. The molecule has 0 bridgehead atoms. The van der Waals surface area contributed by atoms with Gasteiger partial charge in [-0.1, -0.05) is 5.16 Å². The highest BCUT2D eigenvalue weighted by atomic mass is 16.5. The van der Waals surface area contributed by atoms with Gasteiger partial charge in [-0.15, -0.1) is 0 Å². The van der Waals surface area contributed by atoms with Crippen LogP contribution in [-0.4, -0.2) is 42.1 Å². The van der Waals surface area contributed by atoms with Crippen LogP contribution in [0.15, 0.2) is 35.0 Å². The molecule has 1 spiro atoms. The highest BCUT2D eigenvalue weighted by Gasteiger charge is 2.57. The molecule has 1 aliphatic heterocycles. The zero-order valence-electron chi connectivity index (χ0n) is 19.3. The van der Waals surface area contributed by atoms with Gasteiger partial charge < -0.3 is 19.4 Å². The molecule has 4 aromatic rings. The fraction of sp³-hybridized carbons (Fsp3) is 0.462. The third-order valence-corrected chi connectivity index (χ3v) is 7.79. The number of aromatic nitrogens is 5. The summed E-state index contributed by atoms with van der Waals surface area (Å²) >= 11 is 0. The summed E-state index contributed by atoms with van der Waals surface area (Å²) in [6.07, 6.45) is 7.24. The Balaban J connectivity index is 1.50. The van der Waals surface area contributed by atoms with Gasteiger partial charge in [0.25, 0.3) is 0 Å². The van der Waals surface area contributed by atoms with Crippen molar-refractivity contribution in [3.63, 3.8) is 0 Å². The second kappa shape index (κ2) is 6.96. The number of aliphatic hydroxyl groups is 1. The summed E-state index contributed by atoms with van der Waals surface area (Å²) in [5, 5.41) is 25.3. The lowest BCUT2D eigenvalue weighted by Gasteiger charge is -2.34. The average molecular weight is 458 g/mol. The summed E-state index contributed by atoms with van der Waals surface area (Å²) in [6, 6.07) is 7.74. The predicted molar refractivity (Wildman–Crippen MR) is 124 cm³/mol. The first kappa shape index (κ1) is 20.3. The number of rotatable bonds is 5. The molecule has 2 N–H and O–H groups in total. The fourth-order valence-electron chi connectivity index (χ4n) is 5.61. The van der Waals surface area contributed by atoms with E-state index in [9.17, 15) is 5.11 Å². The van der Waals surface area contributed by atoms with Crippen LogP contribution in [0.2, 0.25) is 0 Å². The van der Waals surface area contributed by atoms with E-state index < -0.39 is 11.7 Å². The molecule has 1 saturated heterocycles. The molecule has 1 aromatic carbocycles. The lowest BCUT2D eigenvalue weighted by atomic mass is 9.81. The standard InChI is InChI=1S/C26H27N5O3/c1-14-22(15(2)34-31-14)17-12-18(23-19(13-17)28-24(29-23)16-5-6-16)26(32,20-4-3-11-27-30-20)21-7-8-25(33-21)9-10-25/h3-4,11-13,16,21,32H,5-10H2,1-2H3,(H,28,29)/t21?,26-/m0/s1. The number of hydrogen-bond acceptors (Lipinski definition) is 7. The van der Waals surface area contributed by atoms with Crippen LogP contribution in [-0.2, 0) is 10.3 Å². The summed E-state index contributed by atoms with van der Waals surface area (Å²) in [6.45, 7) is 3.84. The molecule has 1 unspecified atom stereocenters. The van der Waals surface area contributed by atoms with E-state index in [1.54, 1.807) is 6.20 Å². The first-order chi connectivity index (χ1) is 16.5. The Hall–Kier alpha value is -3.10. The van der Waals surface area contributed by atoms with Gasteiger partial charge in [-0.2, -0.15) is 10.2 Å². The van der Waals surface area contributed by atoms with Crippen molar-refractivity contribution in [2.75, 3.05) is 0 Å². The number of imidazole rings is 1. The quantitative estimate of drug-likeness (QED) is 0.456. The minimum Gasteiger partial charge on any atom is -0.376 e.